The van der Waals surface area contributed by atoms with Gasteiger partial charge in [-0.3, -0.25) is 9.30 Å². The van der Waals surface area contributed by atoms with Gasteiger partial charge in [-0.15, -0.1) is 0 Å². The molecule has 11 rings (SSSR count). The summed E-state index contributed by atoms with van der Waals surface area (Å²) in [5, 5.41) is 2.41. The molecule has 0 fully saturated rings. The molecule has 2 aromatic heterocycles. The number of para-hydroxylation sites is 2. The van der Waals surface area contributed by atoms with Crippen LogP contribution in [0.5, 0.6) is 0 Å². The number of nitrogens with zero attached hydrogens (tertiary/aromatic N) is 5. The number of pyridine rings is 1. The van der Waals surface area contributed by atoms with Crippen molar-refractivity contribution in [2.75, 3.05) is 14.7 Å². The highest BCUT2D eigenvalue weighted by atomic mass is 15.3. The van der Waals surface area contributed by atoms with Crippen LogP contribution in [0.1, 0.15) is 79.0 Å². The second kappa shape index (κ2) is 14.7. The molecule has 9 aromatic rings. The zero-order valence-corrected chi connectivity index (χ0v) is 39.1. The average molecular weight is 846 g/mol. The average Bonchev–Trinajstić information content (AvgIpc) is 3.67. The van der Waals surface area contributed by atoms with E-state index in [-0.39, 0.29) is 23.0 Å². The SMILES string of the molecule is CC(C)(C)c1ccc(N(c2ccc3c(c2)N(c2ccccc2)c2cc(C(C)(C)C)cc4c2B3c2nc3ccc(C(C)(C)C)cn3c2N4c2ccccc2)c2cccc3ccccc23)cc1. The molecule has 0 saturated carbocycles. The fraction of sp³-hybridized carbons (Fsp3) is 0.203. The number of aromatic nitrogens is 2. The Bertz CT molecular complexity index is 3270. The van der Waals surface area contributed by atoms with Crippen molar-refractivity contribution in [1.29, 1.82) is 0 Å². The lowest BCUT2D eigenvalue weighted by Crippen LogP contribution is -2.62. The normalized spacial score (nSPS) is 13.5. The van der Waals surface area contributed by atoms with Gasteiger partial charge in [0.15, 0.2) is 0 Å². The number of anilines is 9. The Balaban J connectivity index is 1.23. The van der Waals surface area contributed by atoms with Crippen LogP contribution in [0, 0.1) is 0 Å². The van der Waals surface area contributed by atoms with Crippen LogP contribution in [0.25, 0.3) is 16.4 Å². The molecule has 0 saturated heterocycles. The topological polar surface area (TPSA) is 27.0 Å². The van der Waals surface area contributed by atoms with Gasteiger partial charge in [0.25, 0.3) is 6.71 Å². The van der Waals surface area contributed by atoms with E-state index in [1.807, 2.05) is 0 Å². The van der Waals surface area contributed by atoms with E-state index in [2.05, 4.69) is 257 Å². The third-order valence-electron chi connectivity index (χ3n) is 13.6. The molecular formula is C59H56BN5. The molecule has 0 aliphatic carbocycles. The van der Waals surface area contributed by atoms with Gasteiger partial charge in [0, 0.05) is 51.4 Å². The van der Waals surface area contributed by atoms with Crippen LogP contribution >= 0.6 is 0 Å². The van der Waals surface area contributed by atoms with E-state index in [1.54, 1.807) is 0 Å². The van der Waals surface area contributed by atoms with Crippen LogP contribution in [-0.4, -0.2) is 16.1 Å². The van der Waals surface area contributed by atoms with Gasteiger partial charge in [0.2, 0.25) is 0 Å². The number of benzene rings is 7. The van der Waals surface area contributed by atoms with E-state index in [0.717, 1.165) is 51.2 Å². The second-order valence-electron chi connectivity index (χ2n) is 21.0. The van der Waals surface area contributed by atoms with Crippen LogP contribution in [0.2, 0.25) is 0 Å². The fourth-order valence-electron chi connectivity index (χ4n) is 10.1. The molecule has 0 spiro atoms. The Labute approximate surface area is 384 Å². The van der Waals surface area contributed by atoms with Crippen LogP contribution in [0.3, 0.4) is 0 Å². The number of hydrogen-bond acceptors (Lipinski definition) is 4. The predicted octanol–water partition coefficient (Wildman–Crippen LogP) is 13.9. The van der Waals surface area contributed by atoms with Crippen molar-refractivity contribution in [3.8, 4) is 0 Å². The summed E-state index contributed by atoms with van der Waals surface area (Å²) in [5.41, 5.74) is 17.3. The maximum absolute atomic E-state index is 5.65. The van der Waals surface area contributed by atoms with Crippen molar-refractivity contribution in [3.63, 3.8) is 0 Å². The van der Waals surface area contributed by atoms with Crippen molar-refractivity contribution in [1.82, 2.24) is 9.38 Å². The molecule has 7 aromatic carbocycles. The summed E-state index contributed by atoms with van der Waals surface area (Å²) in [4.78, 5) is 13.1. The van der Waals surface area contributed by atoms with Crippen LogP contribution in [0.4, 0.5) is 51.3 Å². The summed E-state index contributed by atoms with van der Waals surface area (Å²) in [7, 11) is 0. The summed E-state index contributed by atoms with van der Waals surface area (Å²) in [6.07, 6.45) is 2.33. The first-order valence-electron chi connectivity index (χ1n) is 23.1. The largest absolute Gasteiger partial charge is 0.311 e. The maximum atomic E-state index is 5.65. The monoisotopic (exact) mass is 845 g/mol. The summed E-state index contributed by atoms with van der Waals surface area (Å²) >= 11 is 0. The van der Waals surface area contributed by atoms with Crippen LogP contribution < -0.4 is 31.2 Å². The summed E-state index contributed by atoms with van der Waals surface area (Å²) in [6.45, 7) is 20.6. The van der Waals surface area contributed by atoms with Crippen LogP contribution in [0.15, 0.2) is 176 Å². The number of imidazole rings is 1. The van der Waals surface area contributed by atoms with Crippen LogP contribution in [-0.2, 0) is 16.2 Å². The summed E-state index contributed by atoms with van der Waals surface area (Å²) in [5.74, 6) is 1.09. The van der Waals surface area contributed by atoms with E-state index in [4.69, 9.17) is 4.98 Å². The summed E-state index contributed by atoms with van der Waals surface area (Å²) < 4.78 is 2.36. The second-order valence-corrected chi connectivity index (χ2v) is 21.0. The van der Waals surface area contributed by atoms with Gasteiger partial charge in [-0.05, 0) is 122 Å². The fourth-order valence-corrected chi connectivity index (χ4v) is 10.1. The predicted molar refractivity (Wildman–Crippen MR) is 278 cm³/mol. The van der Waals surface area contributed by atoms with Gasteiger partial charge in [-0.2, -0.15) is 0 Å². The highest BCUT2D eigenvalue weighted by Gasteiger charge is 2.47. The molecule has 4 heterocycles. The highest BCUT2D eigenvalue weighted by Crippen LogP contribution is 2.48. The molecule has 5 nitrogen and oxygen atoms in total. The molecule has 2 aliphatic heterocycles. The lowest BCUT2D eigenvalue weighted by atomic mass is 9.35. The molecule has 0 amide bonds. The van der Waals surface area contributed by atoms with E-state index in [0.29, 0.717) is 0 Å². The van der Waals surface area contributed by atoms with Crippen molar-refractivity contribution in [2.45, 2.75) is 78.6 Å². The minimum absolute atomic E-state index is 0.0319. The van der Waals surface area contributed by atoms with Gasteiger partial charge in [-0.1, -0.05) is 159 Å². The Hall–Kier alpha value is -7.05. The van der Waals surface area contributed by atoms with E-state index >= 15 is 0 Å². The molecule has 65 heavy (non-hydrogen) atoms. The van der Waals surface area contributed by atoms with E-state index in [1.165, 1.54) is 49.8 Å². The Morgan fingerprint density at radius 1 is 0.477 bits per heavy atom. The molecule has 0 N–H and O–H groups in total. The standard InChI is InChI=1S/C59H56BN5/c1-57(2,3)40-27-30-45(31-28-40)63(49-26-18-20-39-19-16-17-25-47(39)49)46-32-33-48-50(37-46)64(43-21-12-10-13-22-43)51-35-42(59(7,8)9)36-52-54(51)60(48)55-56(65(52)44-23-14-11-15-24-44)62-38-41(58(4,5)6)29-34-53(62)61-55/h10-38H,1-9H3. The molecule has 2 aliphatic rings. The van der Waals surface area contributed by atoms with Gasteiger partial charge in [0.1, 0.15) is 11.5 Å². The van der Waals surface area contributed by atoms with Gasteiger partial charge in [-0.25, -0.2) is 4.98 Å². The lowest BCUT2D eigenvalue weighted by Gasteiger charge is -2.44. The Morgan fingerprint density at radius 2 is 1.05 bits per heavy atom. The zero-order valence-electron chi connectivity index (χ0n) is 39.1. The first-order chi connectivity index (χ1) is 31.1. The summed E-state index contributed by atoms with van der Waals surface area (Å²) in [6, 6.07) is 63.0. The Kier molecular flexibility index (Phi) is 9.24. The Morgan fingerprint density at radius 3 is 1.71 bits per heavy atom. The van der Waals surface area contributed by atoms with Crippen molar-refractivity contribution in [2.24, 2.45) is 0 Å². The van der Waals surface area contributed by atoms with Gasteiger partial charge in [0.05, 0.1) is 11.3 Å². The number of fused-ring (bicyclic) bond motifs is 7. The maximum Gasteiger partial charge on any atom is 0.277 e. The minimum atomic E-state index is -0.141. The van der Waals surface area contributed by atoms with Gasteiger partial charge >= 0.3 is 0 Å². The zero-order chi connectivity index (χ0) is 45.0. The molecule has 6 heteroatoms. The number of hydrogen-bond donors (Lipinski definition) is 0. The molecule has 320 valence electrons. The van der Waals surface area contributed by atoms with Crippen molar-refractivity contribution >= 4 is 91.0 Å². The highest BCUT2D eigenvalue weighted by molar-refractivity contribution is 7.00. The quantitative estimate of drug-likeness (QED) is 0.161. The van der Waals surface area contributed by atoms with E-state index < -0.39 is 0 Å². The third-order valence-corrected chi connectivity index (χ3v) is 13.6. The lowest BCUT2D eigenvalue weighted by molar-refractivity contribution is 0.586. The van der Waals surface area contributed by atoms with Gasteiger partial charge < -0.3 is 9.80 Å². The van der Waals surface area contributed by atoms with Crippen molar-refractivity contribution < 1.29 is 0 Å². The number of rotatable bonds is 5. The molecule has 0 bridgehead atoms. The smallest absolute Gasteiger partial charge is 0.277 e. The van der Waals surface area contributed by atoms with E-state index in [9.17, 15) is 0 Å². The third kappa shape index (κ3) is 6.72. The molecule has 0 unspecified atom stereocenters. The molecular weight excluding hydrogens is 789 g/mol. The molecule has 0 radical (unpaired) electrons. The first kappa shape index (κ1) is 40.7. The first-order valence-corrected chi connectivity index (χ1v) is 23.1. The van der Waals surface area contributed by atoms with Crippen molar-refractivity contribution in [3.05, 3.63) is 193 Å². The minimum Gasteiger partial charge on any atom is -0.311 e. The molecule has 0 atom stereocenters.